The van der Waals surface area contributed by atoms with Gasteiger partial charge in [-0.25, -0.2) is 0 Å². The molecule has 1 aliphatic rings. The first-order valence-corrected chi connectivity index (χ1v) is 5.66. The molecule has 0 aliphatic heterocycles. The van der Waals surface area contributed by atoms with Crippen molar-refractivity contribution in [1.29, 1.82) is 0 Å². The van der Waals surface area contributed by atoms with Gasteiger partial charge >= 0.3 is 0 Å². The van der Waals surface area contributed by atoms with Crippen LogP contribution in [0.25, 0.3) is 0 Å². The van der Waals surface area contributed by atoms with Crippen molar-refractivity contribution < 1.29 is 10.2 Å². The molecule has 0 saturated carbocycles. The number of allylic oxidation sites excluding steroid dienone is 1. The Morgan fingerprint density at radius 1 is 1.38 bits per heavy atom. The summed E-state index contributed by atoms with van der Waals surface area (Å²) in [6, 6.07) is 0. The van der Waals surface area contributed by atoms with Crippen molar-refractivity contribution in [1.82, 2.24) is 0 Å². The van der Waals surface area contributed by atoms with Crippen molar-refractivity contribution in [3.8, 4) is 0 Å². The Morgan fingerprint density at radius 3 is 2.38 bits per heavy atom. The van der Waals surface area contributed by atoms with Crippen LogP contribution < -0.4 is 0 Å². The lowest BCUT2D eigenvalue weighted by atomic mass is 9.70. The van der Waals surface area contributed by atoms with E-state index in [1.165, 1.54) is 0 Å². The van der Waals surface area contributed by atoms with E-state index in [0.29, 0.717) is 0 Å². The zero-order chi connectivity index (χ0) is 12.6. The molecule has 0 aromatic rings. The molecule has 0 aromatic heterocycles. The van der Waals surface area contributed by atoms with Crippen LogP contribution in [0.3, 0.4) is 0 Å². The minimum absolute atomic E-state index is 0.125. The Bertz CT molecular complexity index is 359. The number of hydrogen-bond donors (Lipinski definition) is 2. The van der Waals surface area contributed by atoms with E-state index in [9.17, 15) is 10.2 Å². The van der Waals surface area contributed by atoms with Crippen LogP contribution >= 0.6 is 0 Å². The lowest BCUT2D eigenvalue weighted by Crippen LogP contribution is -2.36. The predicted molar refractivity (Wildman–Crippen MR) is 66.1 cm³/mol. The van der Waals surface area contributed by atoms with Crippen LogP contribution in [0, 0.1) is 5.41 Å². The normalized spacial score (nSPS) is 28.8. The summed E-state index contributed by atoms with van der Waals surface area (Å²) >= 11 is 0. The standard InChI is InChI=1S/C14H22O2/c1-12(2)8-6-9-14(5,16)11(12)7-10-13(3,4)15/h6,9-10,15-16H,8H2,1-5H3. The molecule has 1 unspecified atom stereocenters. The second-order valence-corrected chi connectivity index (χ2v) is 5.96. The molecule has 1 rings (SSSR count). The third kappa shape index (κ3) is 3.08. The summed E-state index contributed by atoms with van der Waals surface area (Å²) < 4.78 is 0. The highest BCUT2D eigenvalue weighted by molar-refractivity contribution is 5.33. The van der Waals surface area contributed by atoms with Gasteiger partial charge in [0.05, 0.1) is 5.60 Å². The van der Waals surface area contributed by atoms with Gasteiger partial charge in [-0.3, -0.25) is 0 Å². The van der Waals surface area contributed by atoms with Crippen LogP contribution in [0.15, 0.2) is 29.5 Å². The molecule has 90 valence electrons. The van der Waals surface area contributed by atoms with Crippen molar-refractivity contribution in [3.63, 3.8) is 0 Å². The molecule has 0 saturated heterocycles. The summed E-state index contributed by atoms with van der Waals surface area (Å²) in [6.07, 6.45) is 6.27. The molecule has 0 heterocycles. The van der Waals surface area contributed by atoms with Crippen LogP contribution in [-0.4, -0.2) is 21.4 Å². The van der Waals surface area contributed by atoms with Gasteiger partial charge in [0.1, 0.15) is 5.60 Å². The molecule has 16 heavy (non-hydrogen) atoms. The largest absolute Gasteiger partial charge is 0.386 e. The van der Waals surface area contributed by atoms with E-state index in [-0.39, 0.29) is 5.41 Å². The summed E-state index contributed by atoms with van der Waals surface area (Å²) in [4.78, 5) is 0. The van der Waals surface area contributed by atoms with Crippen LogP contribution in [0.4, 0.5) is 0 Å². The van der Waals surface area contributed by atoms with E-state index in [1.807, 2.05) is 6.08 Å². The van der Waals surface area contributed by atoms with E-state index in [2.05, 4.69) is 19.6 Å². The topological polar surface area (TPSA) is 40.5 Å². The highest BCUT2D eigenvalue weighted by Gasteiger charge is 2.37. The lowest BCUT2D eigenvalue weighted by Gasteiger charge is -2.37. The maximum absolute atomic E-state index is 10.3. The van der Waals surface area contributed by atoms with Crippen LogP contribution in [-0.2, 0) is 0 Å². The second kappa shape index (κ2) is 3.89. The average Bonchev–Trinajstić information content (AvgIpc) is 1.97. The summed E-state index contributed by atoms with van der Waals surface area (Å²) in [5, 5.41) is 19.9. The van der Waals surface area contributed by atoms with Crippen LogP contribution in [0.5, 0.6) is 0 Å². The quantitative estimate of drug-likeness (QED) is 0.529. The van der Waals surface area contributed by atoms with E-state index in [0.717, 1.165) is 12.0 Å². The average molecular weight is 222 g/mol. The zero-order valence-corrected chi connectivity index (χ0v) is 10.8. The maximum atomic E-state index is 10.3. The second-order valence-electron chi connectivity index (χ2n) is 5.96. The van der Waals surface area contributed by atoms with Gasteiger partial charge in [0.2, 0.25) is 0 Å². The van der Waals surface area contributed by atoms with Gasteiger partial charge in [0, 0.05) is 5.57 Å². The summed E-state index contributed by atoms with van der Waals surface area (Å²) in [7, 11) is 0. The molecule has 0 spiro atoms. The Hall–Kier alpha value is -0.820. The molecule has 2 nitrogen and oxygen atoms in total. The predicted octanol–water partition coefficient (Wildman–Crippen LogP) is 2.58. The first kappa shape index (κ1) is 13.2. The van der Waals surface area contributed by atoms with Gasteiger partial charge in [0.25, 0.3) is 0 Å². The molecule has 1 aliphatic carbocycles. The highest BCUT2D eigenvalue weighted by Crippen LogP contribution is 2.41. The molecule has 2 N–H and O–H groups in total. The van der Waals surface area contributed by atoms with E-state index < -0.39 is 11.2 Å². The van der Waals surface area contributed by atoms with E-state index in [1.54, 1.807) is 32.9 Å². The maximum Gasteiger partial charge on any atom is 0.109 e. The summed E-state index contributed by atoms with van der Waals surface area (Å²) in [6.45, 7) is 9.30. The zero-order valence-electron chi connectivity index (χ0n) is 10.8. The van der Waals surface area contributed by atoms with Crippen molar-refractivity contribution in [2.24, 2.45) is 5.41 Å². The number of rotatable bonds is 1. The van der Waals surface area contributed by atoms with Gasteiger partial charge in [-0.05, 0) is 38.7 Å². The van der Waals surface area contributed by atoms with Crippen LogP contribution in [0.1, 0.15) is 41.0 Å². The van der Waals surface area contributed by atoms with Crippen molar-refractivity contribution in [3.05, 3.63) is 29.5 Å². The molecular formula is C14H22O2. The number of hydrogen-bond acceptors (Lipinski definition) is 2. The molecular weight excluding hydrogens is 200 g/mol. The van der Waals surface area contributed by atoms with Crippen molar-refractivity contribution in [2.75, 3.05) is 0 Å². The van der Waals surface area contributed by atoms with E-state index >= 15 is 0 Å². The molecule has 0 bridgehead atoms. The van der Waals surface area contributed by atoms with Crippen molar-refractivity contribution in [2.45, 2.75) is 52.2 Å². The summed E-state index contributed by atoms with van der Waals surface area (Å²) in [5.41, 5.74) is 1.91. The SMILES string of the molecule is CC(C)(O)C=C=C1C(C)(O)C=CCC1(C)C. The lowest BCUT2D eigenvalue weighted by molar-refractivity contribution is 0.116. The Labute approximate surface area is 98.0 Å². The first-order chi connectivity index (χ1) is 7.05. The fraction of sp³-hybridized carbons (Fsp3) is 0.643. The molecule has 2 heteroatoms. The van der Waals surface area contributed by atoms with Gasteiger partial charge in [-0.15, -0.1) is 5.73 Å². The Morgan fingerprint density at radius 2 is 1.94 bits per heavy atom. The summed E-state index contributed by atoms with van der Waals surface area (Å²) in [5.74, 6) is 0. The van der Waals surface area contributed by atoms with Gasteiger partial charge < -0.3 is 10.2 Å². The molecule has 1 atom stereocenters. The monoisotopic (exact) mass is 222 g/mol. The minimum atomic E-state index is -0.969. The molecule has 0 fully saturated rings. The minimum Gasteiger partial charge on any atom is -0.386 e. The number of aliphatic hydroxyl groups is 2. The third-order valence-electron chi connectivity index (χ3n) is 2.82. The van der Waals surface area contributed by atoms with Crippen molar-refractivity contribution >= 4 is 0 Å². The van der Waals surface area contributed by atoms with Gasteiger partial charge in [0.15, 0.2) is 0 Å². The third-order valence-corrected chi connectivity index (χ3v) is 2.82. The fourth-order valence-electron chi connectivity index (χ4n) is 2.04. The fourth-order valence-corrected chi connectivity index (χ4v) is 2.04. The van der Waals surface area contributed by atoms with Gasteiger partial charge in [-0.2, -0.15) is 0 Å². The Kier molecular flexibility index (Phi) is 3.22. The Balaban J connectivity index is 3.27. The van der Waals surface area contributed by atoms with Crippen LogP contribution in [0.2, 0.25) is 0 Å². The molecule has 0 amide bonds. The molecule has 0 radical (unpaired) electrons. The smallest absolute Gasteiger partial charge is 0.109 e. The first-order valence-electron chi connectivity index (χ1n) is 5.66. The van der Waals surface area contributed by atoms with Gasteiger partial charge in [-0.1, -0.05) is 26.0 Å². The highest BCUT2D eigenvalue weighted by atomic mass is 16.3. The molecule has 0 aromatic carbocycles. The van der Waals surface area contributed by atoms with E-state index in [4.69, 9.17) is 0 Å².